The Hall–Kier alpha value is -2.61. The Bertz CT molecular complexity index is 1070. The molecule has 2 aromatic heterocycles. The van der Waals surface area contributed by atoms with E-state index in [2.05, 4.69) is 10.3 Å². The Morgan fingerprint density at radius 1 is 1.33 bits per heavy atom. The highest BCUT2D eigenvalue weighted by molar-refractivity contribution is 7.18. The van der Waals surface area contributed by atoms with Crippen molar-refractivity contribution in [2.45, 2.75) is 39.8 Å². The molecule has 27 heavy (non-hydrogen) atoms. The van der Waals surface area contributed by atoms with Crippen LogP contribution in [0.15, 0.2) is 29.3 Å². The van der Waals surface area contributed by atoms with Gasteiger partial charge < -0.3 is 5.32 Å². The number of halogens is 2. The summed E-state index contributed by atoms with van der Waals surface area (Å²) < 4.78 is 28.2. The minimum Gasteiger partial charge on any atom is -0.349 e. The summed E-state index contributed by atoms with van der Waals surface area (Å²) >= 11 is 1.47. The van der Waals surface area contributed by atoms with E-state index in [1.54, 1.807) is 6.92 Å². The van der Waals surface area contributed by atoms with Gasteiger partial charge in [-0.3, -0.25) is 14.2 Å². The van der Waals surface area contributed by atoms with Gasteiger partial charge in [-0.05, 0) is 32.4 Å². The van der Waals surface area contributed by atoms with Crippen LogP contribution in [0.5, 0.6) is 0 Å². The third kappa shape index (κ3) is 3.90. The maximum absolute atomic E-state index is 13.8. The zero-order chi connectivity index (χ0) is 19.7. The molecule has 0 saturated heterocycles. The molecule has 0 aliphatic rings. The molecule has 2 heterocycles. The highest BCUT2D eigenvalue weighted by Gasteiger charge is 2.16. The summed E-state index contributed by atoms with van der Waals surface area (Å²) in [6.07, 6.45) is 1.48. The van der Waals surface area contributed by atoms with E-state index >= 15 is 0 Å². The SMILES string of the molecule is Cc1sc2ncn(CCC(=O)NC(C)c3ccc(F)cc3F)c(=O)c2c1C. The Morgan fingerprint density at radius 2 is 2.07 bits per heavy atom. The number of hydrogen-bond donors (Lipinski definition) is 1. The standard InChI is InChI=1S/C19H19F2N3O2S/c1-10-12(3)27-18-17(10)19(26)24(9-22-18)7-6-16(25)23-11(2)14-5-4-13(20)8-15(14)21/h4-5,8-9,11H,6-7H2,1-3H3,(H,23,25). The van der Waals surface area contributed by atoms with E-state index < -0.39 is 17.7 Å². The van der Waals surface area contributed by atoms with Crippen LogP contribution >= 0.6 is 11.3 Å². The highest BCUT2D eigenvalue weighted by atomic mass is 32.1. The van der Waals surface area contributed by atoms with Crippen LogP contribution in [0.2, 0.25) is 0 Å². The molecule has 0 aliphatic heterocycles. The summed E-state index contributed by atoms with van der Waals surface area (Å²) in [4.78, 5) is 30.8. The van der Waals surface area contributed by atoms with Crippen LogP contribution < -0.4 is 10.9 Å². The van der Waals surface area contributed by atoms with E-state index in [9.17, 15) is 18.4 Å². The van der Waals surface area contributed by atoms with Crippen LogP contribution in [0.25, 0.3) is 10.2 Å². The average Bonchev–Trinajstić information content (AvgIpc) is 2.89. The second-order valence-electron chi connectivity index (χ2n) is 6.41. The van der Waals surface area contributed by atoms with Gasteiger partial charge in [-0.15, -0.1) is 11.3 Å². The second kappa shape index (κ2) is 7.56. The first-order chi connectivity index (χ1) is 12.8. The Balaban J connectivity index is 1.69. The number of fused-ring (bicyclic) bond motifs is 1. The Morgan fingerprint density at radius 3 is 2.78 bits per heavy atom. The fourth-order valence-corrected chi connectivity index (χ4v) is 3.88. The van der Waals surface area contributed by atoms with Crippen molar-refractivity contribution in [3.63, 3.8) is 0 Å². The zero-order valence-corrected chi connectivity index (χ0v) is 16.0. The monoisotopic (exact) mass is 391 g/mol. The lowest BCUT2D eigenvalue weighted by molar-refractivity contribution is -0.122. The zero-order valence-electron chi connectivity index (χ0n) is 15.2. The van der Waals surface area contributed by atoms with Crippen molar-refractivity contribution in [2.75, 3.05) is 0 Å². The van der Waals surface area contributed by atoms with Crippen molar-refractivity contribution in [3.8, 4) is 0 Å². The molecule has 0 fully saturated rings. The van der Waals surface area contributed by atoms with Crippen molar-refractivity contribution in [1.82, 2.24) is 14.9 Å². The van der Waals surface area contributed by atoms with E-state index in [4.69, 9.17) is 0 Å². The molecule has 0 aliphatic carbocycles. The lowest BCUT2D eigenvalue weighted by atomic mass is 10.1. The molecule has 1 aromatic carbocycles. The average molecular weight is 391 g/mol. The predicted octanol–water partition coefficient (Wildman–Crippen LogP) is 3.62. The fourth-order valence-electron chi connectivity index (χ4n) is 2.90. The van der Waals surface area contributed by atoms with E-state index in [0.29, 0.717) is 10.2 Å². The Kier molecular flexibility index (Phi) is 5.36. The van der Waals surface area contributed by atoms with Gasteiger partial charge in [-0.1, -0.05) is 6.07 Å². The molecule has 1 atom stereocenters. The highest BCUT2D eigenvalue weighted by Crippen LogP contribution is 2.25. The topological polar surface area (TPSA) is 64.0 Å². The maximum atomic E-state index is 13.8. The van der Waals surface area contributed by atoms with Crippen LogP contribution in [-0.4, -0.2) is 15.5 Å². The minimum atomic E-state index is -0.711. The molecule has 0 saturated carbocycles. The smallest absolute Gasteiger partial charge is 0.262 e. The molecule has 0 radical (unpaired) electrons. The predicted molar refractivity (Wildman–Crippen MR) is 101 cm³/mol. The first-order valence-corrected chi connectivity index (χ1v) is 9.29. The molecule has 142 valence electrons. The third-order valence-electron chi connectivity index (χ3n) is 4.54. The number of aryl methyl sites for hydroxylation is 3. The molecular weight excluding hydrogens is 372 g/mol. The van der Waals surface area contributed by atoms with Gasteiger partial charge in [-0.25, -0.2) is 13.8 Å². The van der Waals surface area contributed by atoms with Gasteiger partial charge in [0.15, 0.2) is 0 Å². The van der Waals surface area contributed by atoms with Crippen molar-refractivity contribution < 1.29 is 13.6 Å². The summed E-state index contributed by atoms with van der Waals surface area (Å²) in [6, 6.07) is 2.62. The van der Waals surface area contributed by atoms with Gasteiger partial charge in [0.25, 0.3) is 5.56 Å². The first kappa shape index (κ1) is 19.2. The van der Waals surface area contributed by atoms with Crippen LogP contribution in [0.3, 0.4) is 0 Å². The van der Waals surface area contributed by atoms with E-state index in [1.165, 1.54) is 28.3 Å². The summed E-state index contributed by atoms with van der Waals surface area (Å²) in [7, 11) is 0. The molecule has 0 bridgehead atoms. The number of nitrogens with one attached hydrogen (secondary N) is 1. The molecule has 8 heteroatoms. The summed E-state index contributed by atoms with van der Waals surface area (Å²) in [6.45, 7) is 5.61. The maximum Gasteiger partial charge on any atom is 0.262 e. The lowest BCUT2D eigenvalue weighted by Gasteiger charge is -2.15. The second-order valence-corrected chi connectivity index (χ2v) is 7.61. The van der Waals surface area contributed by atoms with Crippen LogP contribution in [0, 0.1) is 25.5 Å². The van der Waals surface area contributed by atoms with Crippen LogP contribution in [0.1, 0.15) is 35.4 Å². The van der Waals surface area contributed by atoms with Crippen molar-refractivity contribution in [2.24, 2.45) is 0 Å². The van der Waals surface area contributed by atoms with Crippen molar-refractivity contribution in [3.05, 3.63) is 62.5 Å². The fraction of sp³-hybridized carbons (Fsp3) is 0.316. The molecule has 3 aromatic rings. The molecule has 0 spiro atoms. The third-order valence-corrected chi connectivity index (χ3v) is 5.66. The van der Waals surface area contributed by atoms with Crippen LogP contribution in [-0.2, 0) is 11.3 Å². The molecular formula is C19H19F2N3O2S. The van der Waals surface area contributed by atoms with E-state index in [1.807, 2.05) is 13.8 Å². The number of amides is 1. The summed E-state index contributed by atoms with van der Waals surface area (Å²) in [5.74, 6) is -1.72. The molecule has 1 amide bonds. The summed E-state index contributed by atoms with van der Waals surface area (Å²) in [5, 5.41) is 3.25. The number of nitrogens with zero attached hydrogens (tertiary/aromatic N) is 2. The van der Waals surface area contributed by atoms with Crippen molar-refractivity contribution in [1.29, 1.82) is 0 Å². The van der Waals surface area contributed by atoms with Gasteiger partial charge in [-0.2, -0.15) is 0 Å². The normalized spacial score (nSPS) is 12.3. The molecule has 5 nitrogen and oxygen atoms in total. The van der Waals surface area contributed by atoms with E-state index in [-0.39, 0.29) is 30.0 Å². The number of benzene rings is 1. The molecule has 1 unspecified atom stereocenters. The number of aromatic nitrogens is 2. The largest absolute Gasteiger partial charge is 0.349 e. The van der Waals surface area contributed by atoms with Gasteiger partial charge >= 0.3 is 0 Å². The quantitative estimate of drug-likeness (QED) is 0.723. The van der Waals surface area contributed by atoms with Crippen LogP contribution in [0.4, 0.5) is 8.78 Å². The Labute approximate surface area is 158 Å². The number of thiophene rings is 1. The minimum absolute atomic E-state index is 0.0441. The van der Waals surface area contributed by atoms with Gasteiger partial charge in [0.2, 0.25) is 5.91 Å². The molecule has 3 rings (SSSR count). The van der Waals surface area contributed by atoms with Crippen molar-refractivity contribution >= 4 is 27.5 Å². The first-order valence-electron chi connectivity index (χ1n) is 8.47. The number of rotatable bonds is 5. The van der Waals surface area contributed by atoms with Gasteiger partial charge in [0, 0.05) is 29.5 Å². The number of carbonyl (C=O) groups excluding carboxylic acids is 1. The van der Waals surface area contributed by atoms with E-state index in [0.717, 1.165) is 22.6 Å². The summed E-state index contributed by atoms with van der Waals surface area (Å²) in [5.41, 5.74) is 0.938. The number of hydrogen-bond acceptors (Lipinski definition) is 4. The number of carbonyl (C=O) groups is 1. The lowest BCUT2D eigenvalue weighted by Crippen LogP contribution is -2.30. The van der Waals surface area contributed by atoms with Gasteiger partial charge in [0.05, 0.1) is 17.8 Å². The van der Waals surface area contributed by atoms with Gasteiger partial charge in [0.1, 0.15) is 16.5 Å². The molecule has 1 N–H and O–H groups in total.